The van der Waals surface area contributed by atoms with Crippen molar-refractivity contribution in [2.75, 3.05) is 12.8 Å². The van der Waals surface area contributed by atoms with Gasteiger partial charge in [-0.1, -0.05) is 60.3 Å². The van der Waals surface area contributed by atoms with Crippen molar-refractivity contribution >= 4 is 64.2 Å². The second-order valence-electron chi connectivity index (χ2n) is 8.15. The quantitative estimate of drug-likeness (QED) is 0.172. The highest BCUT2D eigenvalue weighted by Gasteiger charge is 2.19. The highest BCUT2D eigenvalue weighted by molar-refractivity contribution is 6.46. The summed E-state index contributed by atoms with van der Waals surface area (Å²) in [4.78, 5) is 16.3. The lowest BCUT2D eigenvalue weighted by atomic mass is 10.0. The third kappa shape index (κ3) is 6.34. The number of carbonyl (C=O) groups is 1. The van der Waals surface area contributed by atoms with Gasteiger partial charge in [0.05, 0.1) is 24.0 Å². The highest BCUT2D eigenvalue weighted by Crippen LogP contribution is 2.35. The van der Waals surface area contributed by atoms with E-state index in [9.17, 15) is 4.79 Å². The van der Waals surface area contributed by atoms with Gasteiger partial charge in [0.15, 0.2) is 10.8 Å². The minimum atomic E-state index is -0.696. The molecule has 11 heteroatoms. The Morgan fingerprint density at radius 2 is 1.86 bits per heavy atom. The number of halogens is 4. The van der Waals surface area contributed by atoms with E-state index in [1.165, 1.54) is 6.21 Å². The predicted octanol–water partition coefficient (Wildman–Crippen LogP) is 7.06. The van der Waals surface area contributed by atoms with Crippen LogP contribution in [0.4, 0.5) is 5.69 Å². The number of amides is 1. The molecular weight excluding hydrogens is 546 g/mol. The SMILES string of the molecule is COc1ccc(/C=N/NC(=O)c2nc(Cl)c(Cl)c(N)c2Cl)cc1COc1cc(C)c(Cl)cc1C(C)C. The van der Waals surface area contributed by atoms with E-state index in [4.69, 9.17) is 61.6 Å². The number of nitrogens with zero attached hydrogens (tertiary/aromatic N) is 2. The number of pyridine rings is 1. The van der Waals surface area contributed by atoms with Gasteiger partial charge in [-0.15, -0.1) is 0 Å². The van der Waals surface area contributed by atoms with E-state index in [1.807, 2.05) is 25.1 Å². The van der Waals surface area contributed by atoms with Crippen molar-refractivity contribution in [3.63, 3.8) is 0 Å². The Balaban J connectivity index is 1.77. The van der Waals surface area contributed by atoms with Gasteiger partial charge in [-0.3, -0.25) is 4.79 Å². The molecule has 1 aromatic heterocycles. The second-order valence-corrected chi connectivity index (χ2v) is 9.67. The molecule has 36 heavy (non-hydrogen) atoms. The van der Waals surface area contributed by atoms with Crippen molar-refractivity contribution in [3.05, 3.63) is 78.5 Å². The first kappa shape index (κ1) is 27.9. The van der Waals surface area contributed by atoms with Crippen LogP contribution in [-0.2, 0) is 6.61 Å². The van der Waals surface area contributed by atoms with E-state index in [2.05, 4.69) is 29.4 Å². The molecule has 3 N–H and O–H groups in total. The van der Waals surface area contributed by atoms with Gasteiger partial charge in [-0.2, -0.15) is 5.10 Å². The van der Waals surface area contributed by atoms with E-state index < -0.39 is 5.91 Å². The van der Waals surface area contributed by atoms with Crippen LogP contribution in [0.3, 0.4) is 0 Å². The average Bonchev–Trinajstić information content (AvgIpc) is 2.85. The zero-order valence-electron chi connectivity index (χ0n) is 20.0. The fourth-order valence-electron chi connectivity index (χ4n) is 3.29. The van der Waals surface area contributed by atoms with E-state index in [-0.39, 0.29) is 39.1 Å². The van der Waals surface area contributed by atoms with Crippen LogP contribution in [0, 0.1) is 6.92 Å². The van der Waals surface area contributed by atoms with Crippen molar-refractivity contribution in [3.8, 4) is 11.5 Å². The van der Waals surface area contributed by atoms with Gasteiger partial charge < -0.3 is 15.2 Å². The molecule has 190 valence electrons. The fraction of sp³-hybridized carbons (Fsp3) is 0.240. The molecule has 0 fully saturated rings. The predicted molar refractivity (Wildman–Crippen MR) is 146 cm³/mol. The molecule has 0 radical (unpaired) electrons. The first-order valence-electron chi connectivity index (χ1n) is 10.8. The Labute approximate surface area is 229 Å². The molecule has 0 spiro atoms. The Bertz CT molecular complexity index is 1330. The first-order chi connectivity index (χ1) is 17.0. The molecule has 0 aliphatic carbocycles. The minimum Gasteiger partial charge on any atom is -0.496 e. The Hall–Kier alpha value is -2.71. The van der Waals surface area contributed by atoms with Gasteiger partial charge in [0, 0.05) is 10.6 Å². The summed E-state index contributed by atoms with van der Waals surface area (Å²) in [6.45, 7) is 6.34. The number of hydrogen-bond donors (Lipinski definition) is 2. The highest BCUT2D eigenvalue weighted by atomic mass is 35.5. The summed E-state index contributed by atoms with van der Waals surface area (Å²) in [5.74, 6) is 0.939. The lowest BCUT2D eigenvalue weighted by Crippen LogP contribution is -2.20. The molecule has 0 atom stereocenters. The van der Waals surface area contributed by atoms with Crippen molar-refractivity contribution < 1.29 is 14.3 Å². The number of hydrazone groups is 1. The molecule has 0 aliphatic rings. The Morgan fingerprint density at radius 1 is 1.14 bits per heavy atom. The van der Waals surface area contributed by atoms with Crippen LogP contribution in [0.25, 0.3) is 0 Å². The molecule has 0 aliphatic heterocycles. The number of rotatable bonds is 8. The van der Waals surface area contributed by atoms with E-state index in [0.717, 1.165) is 22.4 Å². The number of benzene rings is 2. The zero-order chi connectivity index (χ0) is 26.6. The van der Waals surface area contributed by atoms with E-state index in [0.29, 0.717) is 16.3 Å². The number of aryl methyl sites for hydroxylation is 1. The summed E-state index contributed by atoms with van der Waals surface area (Å²) in [7, 11) is 1.58. The monoisotopic (exact) mass is 568 g/mol. The van der Waals surface area contributed by atoms with Gasteiger partial charge in [-0.25, -0.2) is 10.4 Å². The zero-order valence-corrected chi connectivity index (χ0v) is 23.0. The number of nitrogens with two attached hydrogens (primary N) is 1. The smallest absolute Gasteiger partial charge is 0.291 e. The van der Waals surface area contributed by atoms with E-state index >= 15 is 0 Å². The number of methoxy groups -OCH3 is 1. The Morgan fingerprint density at radius 3 is 2.53 bits per heavy atom. The maximum atomic E-state index is 12.5. The number of carbonyl (C=O) groups excluding carboxylic acids is 1. The van der Waals surface area contributed by atoms with Crippen molar-refractivity contribution in [1.82, 2.24) is 10.4 Å². The molecule has 0 saturated heterocycles. The van der Waals surface area contributed by atoms with Gasteiger partial charge in [0.1, 0.15) is 23.1 Å². The summed E-state index contributed by atoms with van der Waals surface area (Å²) >= 11 is 24.2. The standard InChI is InChI=1S/C25H24Cl4N4O3/c1-12(2)16-9-17(26)13(3)7-19(16)36-11-15-8-14(5-6-18(15)35-4)10-31-33-25(34)23-20(27)22(30)21(28)24(29)32-23/h5-10,12H,11H2,1-4H3,(H2,30,32)(H,33,34)/b31-10+. The summed E-state index contributed by atoms with van der Waals surface area (Å²) < 4.78 is 11.6. The lowest BCUT2D eigenvalue weighted by Gasteiger charge is -2.17. The molecular formula is C25H24Cl4N4O3. The number of nitrogen functional groups attached to an aromatic ring is 1. The first-order valence-corrected chi connectivity index (χ1v) is 12.3. The van der Waals surface area contributed by atoms with Crippen LogP contribution in [0.5, 0.6) is 11.5 Å². The van der Waals surface area contributed by atoms with Crippen molar-refractivity contribution in [2.24, 2.45) is 5.10 Å². The molecule has 0 bridgehead atoms. The maximum absolute atomic E-state index is 12.5. The summed E-state index contributed by atoms with van der Waals surface area (Å²) in [6, 6.07) is 9.28. The number of aromatic nitrogens is 1. The number of nitrogens with one attached hydrogen (secondary N) is 1. The molecule has 2 aromatic carbocycles. The van der Waals surface area contributed by atoms with Crippen molar-refractivity contribution in [1.29, 1.82) is 0 Å². The summed E-state index contributed by atoms with van der Waals surface area (Å²) in [6.07, 6.45) is 1.46. The van der Waals surface area contributed by atoms with Crippen molar-refractivity contribution in [2.45, 2.75) is 33.3 Å². The van der Waals surface area contributed by atoms with Crippen LogP contribution < -0.4 is 20.6 Å². The normalized spacial score (nSPS) is 11.2. The van der Waals surface area contributed by atoms with Crippen LogP contribution >= 0.6 is 46.4 Å². The molecule has 3 aromatic rings. The lowest BCUT2D eigenvalue weighted by molar-refractivity contribution is 0.0950. The van der Waals surface area contributed by atoms with Gasteiger partial charge in [0.25, 0.3) is 5.91 Å². The summed E-state index contributed by atoms with van der Waals surface area (Å²) in [5, 5.41) is 4.40. The van der Waals surface area contributed by atoms with Crippen LogP contribution in [0.1, 0.15) is 52.5 Å². The van der Waals surface area contributed by atoms with Crippen LogP contribution in [0.2, 0.25) is 20.2 Å². The Kier molecular flexibility index (Phi) is 9.30. The molecule has 0 unspecified atom stereocenters. The third-order valence-electron chi connectivity index (χ3n) is 5.27. The molecule has 3 rings (SSSR count). The fourth-order valence-corrected chi connectivity index (χ4v) is 4.06. The second kappa shape index (κ2) is 12.0. The largest absolute Gasteiger partial charge is 0.496 e. The minimum absolute atomic E-state index is 0.0241. The number of hydrogen-bond acceptors (Lipinski definition) is 6. The average molecular weight is 570 g/mol. The van der Waals surface area contributed by atoms with Crippen LogP contribution in [0.15, 0.2) is 35.4 Å². The van der Waals surface area contributed by atoms with Gasteiger partial charge >= 0.3 is 0 Å². The number of anilines is 1. The topological polar surface area (TPSA) is 98.8 Å². The van der Waals surface area contributed by atoms with Crippen LogP contribution in [-0.4, -0.2) is 24.2 Å². The summed E-state index contributed by atoms with van der Waals surface area (Å²) in [5.41, 5.74) is 11.3. The van der Waals surface area contributed by atoms with E-state index in [1.54, 1.807) is 19.2 Å². The van der Waals surface area contributed by atoms with Gasteiger partial charge in [0.2, 0.25) is 0 Å². The molecule has 7 nitrogen and oxygen atoms in total. The van der Waals surface area contributed by atoms with Gasteiger partial charge in [-0.05, 0) is 59.9 Å². The molecule has 1 amide bonds. The maximum Gasteiger partial charge on any atom is 0.291 e. The molecule has 1 heterocycles. The third-order valence-corrected chi connectivity index (χ3v) is 6.81. The number of ether oxygens (including phenoxy) is 2. The molecule has 0 saturated carbocycles.